The Kier molecular flexibility index (Phi) is 3.79. The molecule has 2 heteroatoms. The van der Waals surface area contributed by atoms with Crippen LogP contribution < -0.4 is 5.32 Å². The highest BCUT2D eigenvalue weighted by atomic mass is 35.5. The molecule has 1 aliphatic rings. The third-order valence-corrected chi connectivity index (χ3v) is 4.12. The summed E-state index contributed by atoms with van der Waals surface area (Å²) in [5, 5.41) is 4.42. The highest BCUT2D eigenvalue weighted by Gasteiger charge is 2.51. The van der Waals surface area contributed by atoms with Crippen molar-refractivity contribution >= 4 is 11.6 Å². The van der Waals surface area contributed by atoms with Crippen LogP contribution in [0.4, 0.5) is 0 Å². The van der Waals surface area contributed by atoms with Crippen molar-refractivity contribution in [1.29, 1.82) is 0 Å². The smallest absolute Gasteiger partial charge is 0.0406 e. The molecular weight excluding hydrogens is 230 g/mol. The average molecular weight is 252 g/mol. The van der Waals surface area contributed by atoms with Crippen molar-refractivity contribution < 1.29 is 0 Å². The van der Waals surface area contributed by atoms with Gasteiger partial charge in [0, 0.05) is 17.0 Å². The van der Waals surface area contributed by atoms with Crippen LogP contribution in [0.1, 0.15) is 32.8 Å². The molecule has 0 bridgehead atoms. The highest BCUT2D eigenvalue weighted by molar-refractivity contribution is 6.30. The van der Waals surface area contributed by atoms with E-state index < -0.39 is 0 Å². The van der Waals surface area contributed by atoms with Gasteiger partial charge < -0.3 is 5.32 Å². The van der Waals surface area contributed by atoms with E-state index in [1.165, 1.54) is 12.0 Å². The maximum absolute atomic E-state index is 5.95. The summed E-state index contributed by atoms with van der Waals surface area (Å²) in [5.41, 5.74) is 1.80. The molecule has 17 heavy (non-hydrogen) atoms. The Balaban J connectivity index is 2.02. The largest absolute Gasteiger partial charge is 0.316 e. The van der Waals surface area contributed by atoms with Crippen molar-refractivity contribution in [2.45, 2.75) is 32.6 Å². The molecule has 0 radical (unpaired) electrons. The molecular formula is C15H22ClN. The molecule has 1 aromatic rings. The highest BCUT2D eigenvalue weighted by Crippen LogP contribution is 2.53. The van der Waals surface area contributed by atoms with Crippen molar-refractivity contribution in [3.05, 3.63) is 34.9 Å². The van der Waals surface area contributed by atoms with Gasteiger partial charge in [-0.05, 0) is 42.5 Å². The standard InChI is InChI=1S/C15H22ClN/c1-11(2)9-17-10-15(8-12(15)3)13-4-6-14(16)7-5-13/h4-7,11-12,17H,8-10H2,1-3H3. The Labute approximate surface area is 110 Å². The first-order chi connectivity index (χ1) is 8.04. The van der Waals surface area contributed by atoms with E-state index >= 15 is 0 Å². The van der Waals surface area contributed by atoms with E-state index in [2.05, 4.69) is 38.2 Å². The van der Waals surface area contributed by atoms with Crippen LogP contribution in [0.25, 0.3) is 0 Å². The monoisotopic (exact) mass is 251 g/mol. The third kappa shape index (κ3) is 2.83. The molecule has 0 aliphatic heterocycles. The second-order valence-corrected chi connectivity index (χ2v) is 6.23. The van der Waals surface area contributed by atoms with Gasteiger partial charge in [-0.25, -0.2) is 0 Å². The van der Waals surface area contributed by atoms with Gasteiger partial charge in [-0.1, -0.05) is 44.5 Å². The molecule has 2 atom stereocenters. The summed E-state index contributed by atoms with van der Waals surface area (Å²) in [6, 6.07) is 8.38. The lowest BCUT2D eigenvalue weighted by molar-refractivity contribution is 0.493. The molecule has 1 saturated carbocycles. The zero-order valence-corrected chi connectivity index (χ0v) is 11.7. The predicted molar refractivity (Wildman–Crippen MR) is 74.6 cm³/mol. The quantitative estimate of drug-likeness (QED) is 0.838. The first-order valence-electron chi connectivity index (χ1n) is 6.51. The minimum atomic E-state index is 0.361. The molecule has 0 spiro atoms. The fourth-order valence-corrected chi connectivity index (χ4v) is 2.73. The first kappa shape index (κ1) is 12.9. The first-order valence-corrected chi connectivity index (χ1v) is 6.89. The lowest BCUT2D eigenvalue weighted by atomic mass is 9.93. The van der Waals surface area contributed by atoms with E-state index in [1.54, 1.807) is 0 Å². The topological polar surface area (TPSA) is 12.0 Å². The normalized spacial score (nSPS) is 27.5. The van der Waals surface area contributed by atoms with Crippen molar-refractivity contribution in [3.8, 4) is 0 Å². The molecule has 1 aromatic carbocycles. The minimum Gasteiger partial charge on any atom is -0.316 e. The molecule has 1 N–H and O–H groups in total. The van der Waals surface area contributed by atoms with Crippen LogP contribution in [0.5, 0.6) is 0 Å². The maximum Gasteiger partial charge on any atom is 0.0406 e. The van der Waals surface area contributed by atoms with Crippen LogP contribution in [0.2, 0.25) is 5.02 Å². The Bertz CT molecular complexity index is 371. The van der Waals surface area contributed by atoms with Gasteiger partial charge in [-0.3, -0.25) is 0 Å². The molecule has 1 nitrogen and oxygen atoms in total. The molecule has 1 fully saturated rings. The SMILES string of the molecule is CC(C)CNCC1(c2ccc(Cl)cc2)CC1C. The van der Waals surface area contributed by atoms with Crippen molar-refractivity contribution in [2.24, 2.45) is 11.8 Å². The Morgan fingerprint density at radius 3 is 2.41 bits per heavy atom. The number of benzene rings is 1. The number of hydrogen-bond acceptors (Lipinski definition) is 1. The fraction of sp³-hybridized carbons (Fsp3) is 0.600. The van der Waals surface area contributed by atoms with Gasteiger partial charge in [0.25, 0.3) is 0 Å². The molecule has 0 heterocycles. The zero-order valence-electron chi connectivity index (χ0n) is 11.0. The van der Waals surface area contributed by atoms with Crippen LogP contribution in [-0.2, 0) is 5.41 Å². The molecule has 0 amide bonds. The van der Waals surface area contributed by atoms with Crippen LogP contribution in [0.3, 0.4) is 0 Å². The molecule has 2 rings (SSSR count). The van der Waals surface area contributed by atoms with Crippen LogP contribution in [0.15, 0.2) is 24.3 Å². The Morgan fingerprint density at radius 1 is 1.35 bits per heavy atom. The van der Waals surface area contributed by atoms with Gasteiger partial charge >= 0.3 is 0 Å². The van der Waals surface area contributed by atoms with E-state index in [0.717, 1.165) is 24.0 Å². The Morgan fingerprint density at radius 2 is 1.94 bits per heavy atom. The van der Waals surface area contributed by atoms with E-state index in [1.807, 2.05) is 12.1 Å². The minimum absolute atomic E-state index is 0.361. The Hall–Kier alpha value is -0.530. The molecule has 94 valence electrons. The molecule has 0 saturated heterocycles. The van der Waals surface area contributed by atoms with Gasteiger partial charge in [0.1, 0.15) is 0 Å². The second-order valence-electron chi connectivity index (χ2n) is 5.79. The van der Waals surface area contributed by atoms with Gasteiger partial charge in [-0.2, -0.15) is 0 Å². The van der Waals surface area contributed by atoms with Crippen LogP contribution in [0, 0.1) is 11.8 Å². The van der Waals surface area contributed by atoms with Gasteiger partial charge in [0.15, 0.2) is 0 Å². The summed E-state index contributed by atoms with van der Waals surface area (Å²) in [7, 11) is 0. The van der Waals surface area contributed by atoms with Gasteiger partial charge in [0.05, 0.1) is 0 Å². The van der Waals surface area contributed by atoms with E-state index in [0.29, 0.717) is 11.3 Å². The molecule has 0 aromatic heterocycles. The van der Waals surface area contributed by atoms with Gasteiger partial charge in [0.2, 0.25) is 0 Å². The lowest BCUT2D eigenvalue weighted by Gasteiger charge is -2.19. The average Bonchev–Trinajstić information content (AvgIpc) is 2.91. The van der Waals surface area contributed by atoms with E-state index in [-0.39, 0.29) is 0 Å². The number of nitrogens with one attached hydrogen (secondary N) is 1. The number of hydrogen-bond donors (Lipinski definition) is 1. The van der Waals surface area contributed by atoms with E-state index in [9.17, 15) is 0 Å². The molecule has 1 aliphatic carbocycles. The summed E-state index contributed by atoms with van der Waals surface area (Å²) < 4.78 is 0. The van der Waals surface area contributed by atoms with Crippen LogP contribution >= 0.6 is 11.6 Å². The summed E-state index contributed by atoms with van der Waals surface area (Å²) in [6.45, 7) is 9.03. The third-order valence-electron chi connectivity index (χ3n) is 3.87. The van der Waals surface area contributed by atoms with Crippen LogP contribution in [-0.4, -0.2) is 13.1 Å². The number of rotatable bonds is 5. The van der Waals surface area contributed by atoms with Crippen molar-refractivity contribution in [2.75, 3.05) is 13.1 Å². The summed E-state index contributed by atoms with van der Waals surface area (Å²) in [6.07, 6.45) is 1.29. The second kappa shape index (κ2) is 4.99. The summed E-state index contributed by atoms with van der Waals surface area (Å²) in [4.78, 5) is 0. The van der Waals surface area contributed by atoms with Crippen molar-refractivity contribution in [1.82, 2.24) is 5.32 Å². The number of halogens is 1. The van der Waals surface area contributed by atoms with E-state index in [4.69, 9.17) is 11.6 Å². The predicted octanol–water partition coefficient (Wildman–Crippen LogP) is 3.86. The lowest BCUT2D eigenvalue weighted by Crippen LogP contribution is -2.30. The zero-order chi connectivity index (χ0) is 12.5. The van der Waals surface area contributed by atoms with Crippen molar-refractivity contribution in [3.63, 3.8) is 0 Å². The molecule has 2 unspecified atom stereocenters. The van der Waals surface area contributed by atoms with Gasteiger partial charge in [-0.15, -0.1) is 0 Å². The maximum atomic E-state index is 5.95. The summed E-state index contributed by atoms with van der Waals surface area (Å²) >= 11 is 5.95. The summed E-state index contributed by atoms with van der Waals surface area (Å²) in [5.74, 6) is 1.50. The fourth-order valence-electron chi connectivity index (χ4n) is 2.60.